The first-order valence-corrected chi connectivity index (χ1v) is 16.8. The van der Waals surface area contributed by atoms with Gasteiger partial charge >= 0.3 is 0 Å². The van der Waals surface area contributed by atoms with Crippen molar-refractivity contribution in [3.63, 3.8) is 0 Å². The van der Waals surface area contributed by atoms with E-state index in [9.17, 15) is 31.5 Å². The molecular weight excluding hydrogens is 596 g/mol. The third kappa shape index (κ3) is 11.9. The maximum absolute atomic E-state index is 13.3. The first-order chi connectivity index (χ1) is 20.4. The number of sulfonamides is 2. The van der Waals surface area contributed by atoms with Crippen LogP contribution in [0.5, 0.6) is 0 Å². The van der Waals surface area contributed by atoms with Crippen LogP contribution >= 0.6 is 0 Å². The van der Waals surface area contributed by atoms with Crippen molar-refractivity contribution >= 4 is 31.9 Å². The highest BCUT2D eigenvalue weighted by Crippen LogP contribution is 2.09. The molecule has 43 heavy (non-hydrogen) atoms. The van der Waals surface area contributed by atoms with Gasteiger partial charge < -0.3 is 20.5 Å². The Bertz CT molecular complexity index is 1520. The smallest absolute Gasteiger partial charge is 0.251 e. The summed E-state index contributed by atoms with van der Waals surface area (Å²) in [7, 11) is -7.62. The highest BCUT2D eigenvalue weighted by atomic mass is 32.2. The van der Waals surface area contributed by atoms with Crippen molar-refractivity contribution in [3.8, 4) is 0 Å². The number of ether oxygens (including phenoxy) is 1. The zero-order valence-electron chi connectivity index (χ0n) is 23.5. The highest BCUT2D eigenvalue weighted by Gasteiger charge is 2.31. The van der Waals surface area contributed by atoms with Crippen LogP contribution in [0.4, 0.5) is 0 Å². The van der Waals surface area contributed by atoms with Gasteiger partial charge in [0.05, 0.1) is 30.4 Å². The van der Waals surface area contributed by atoms with Crippen molar-refractivity contribution in [1.82, 2.24) is 20.1 Å². The predicted octanol–water partition coefficient (Wildman–Crippen LogP) is 0.304. The second-order valence-electron chi connectivity index (χ2n) is 9.69. The summed E-state index contributed by atoms with van der Waals surface area (Å²) >= 11 is 0. The third-order valence-electron chi connectivity index (χ3n) is 6.11. The van der Waals surface area contributed by atoms with Crippen molar-refractivity contribution < 1.29 is 36.3 Å². The lowest BCUT2D eigenvalue weighted by Gasteiger charge is -2.26. The van der Waals surface area contributed by atoms with E-state index < -0.39 is 50.0 Å². The van der Waals surface area contributed by atoms with Crippen molar-refractivity contribution in [2.75, 3.05) is 26.0 Å². The molecule has 0 aromatic heterocycles. The predicted molar refractivity (Wildman–Crippen MR) is 161 cm³/mol. The lowest BCUT2D eigenvalue weighted by Crippen LogP contribution is -2.57. The molecule has 1 unspecified atom stereocenters. The van der Waals surface area contributed by atoms with Crippen LogP contribution in [0.1, 0.15) is 11.1 Å². The number of carbonyl (C=O) groups is 2. The van der Waals surface area contributed by atoms with E-state index in [0.717, 1.165) is 11.8 Å². The van der Waals surface area contributed by atoms with Crippen LogP contribution in [0.15, 0.2) is 95.9 Å². The number of carbonyl (C=O) groups excluding carboxylic acids is 2. The lowest BCUT2D eigenvalue weighted by molar-refractivity contribution is -0.132. The summed E-state index contributed by atoms with van der Waals surface area (Å²) in [6.45, 7) is -0.470. The van der Waals surface area contributed by atoms with Gasteiger partial charge in [-0.2, -0.15) is 0 Å². The molecule has 0 fully saturated rings. The topological polar surface area (TPSA) is 180 Å². The molecule has 0 saturated heterocycles. The van der Waals surface area contributed by atoms with Crippen molar-refractivity contribution in [2.45, 2.75) is 36.1 Å². The Morgan fingerprint density at radius 3 is 1.93 bits per heavy atom. The minimum atomic E-state index is -3.83. The molecule has 0 aliphatic rings. The Morgan fingerprint density at radius 2 is 1.35 bits per heavy atom. The van der Waals surface area contributed by atoms with Crippen LogP contribution in [0, 0.1) is 0 Å². The fourth-order valence-corrected chi connectivity index (χ4v) is 5.77. The Labute approximate surface area is 252 Å². The highest BCUT2D eigenvalue weighted by molar-refractivity contribution is 7.89. The molecule has 232 valence electrons. The molecule has 0 radical (unpaired) electrons. The van der Waals surface area contributed by atoms with E-state index in [1.165, 1.54) is 12.1 Å². The second-order valence-corrected chi connectivity index (χ2v) is 13.2. The average molecular weight is 633 g/mol. The Morgan fingerprint density at radius 1 is 0.791 bits per heavy atom. The maximum atomic E-state index is 13.3. The number of aliphatic hydroxyl groups excluding tert-OH is 1. The van der Waals surface area contributed by atoms with Crippen LogP contribution in [0.25, 0.3) is 0 Å². The molecule has 0 bridgehead atoms. The van der Waals surface area contributed by atoms with Gasteiger partial charge in [-0.25, -0.2) is 26.3 Å². The van der Waals surface area contributed by atoms with Crippen LogP contribution in [0.3, 0.4) is 0 Å². The van der Waals surface area contributed by atoms with Crippen LogP contribution in [-0.4, -0.2) is 77.9 Å². The van der Waals surface area contributed by atoms with E-state index in [0.29, 0.717) is 5.56 Å². The number of hydrogen-bond donors (Lipinski definition) is 5. The van der Waals surface area contributed by atoms with E-state index in [-0.39, 0.29) is 37.6 Å². The minimum absolute atomic E-state index is 0.0400. The summed E-state index contributed by atoms with van der Waals surface area (Å²) in [5, 5.41) is 16.0. The average Bonchev–Trinajstić information content (AvgIpc) is 2.99. The molecule has 3 aromatic carbocycles. The van der Waals surface area contributed by atoms with E-state index in [1.54, 1.807) is 48.5 Å². The number of amides is 2. The van der Waals surface area contributed by atoms with Gasteiger partial charge in [0, 0.05) is 13.1 Å². The first-order valence-electron chi connectivity index (χ1n) is 13.4. The zero-order chi connectivity index (χ0) is 31.3. The number of hydrogen-bond acceptors (Lipinski definition) is 8. The van der Waals surface area contributed by atoms with E-state index in [2.05, 4.69) is 20.1 Å². The summed E-state index contributed by atoms with van der Waals surface area (Å²) in [5.41, 5.74) is 1.52. The summed E-state index contributed by atoms with van der Waals surface area (Å²) in [6, 6.07) is 23.1. The van der Waals surface area contributed by atoms with E-state index in [1.807, 2.05) is 30.3 Å². The fraction of sp³-hybridized carbons (Fsp3) is 0.310. The Hall–Kier alpha value is -3.66. The van der Waals surface area contributed by atoms with Gasteiger partial charge in [-0.3, -0.25) is 9.59 Å². The quantitative estimate of drug-likeness (QED) is 0.132. The summed E-state index contributed by atoms with van der Waals surface area (Å²) in [4.78, 5) is 26.2. The molecule has 3 rings (SSSR count). The molecule has 3 aromatic rings. The summed E-state index contributed by atoms with van der Waals surface area (Å²) in [6.07, 6.45) is -0.808. The summed E-state index contributed by atoms with van der Waals surface area (Å²) in [5.74, 6) is -1.66. The Kier molecular flexibility index (Phi) is 12.8. The van der Waals surface area contributed by atoms with E-state index in [4.69, 9.17) is 4.74 Å². The van der Waals surface area contributed by atoms with Gasteiger partial charge in [0.15, 0.2) is 6.10 Å². The van der Waals surface area contributed by atoms with Crippen LogP contribution < -0.4 is 20.1 Å². The standard InChI is InChI=1S/C29H36N4O8S2/c1-42(37,38)33-26(21-41-20-23-13-7-3-8-14-23)28(35)32-25(19-22-11-5-2-6-12-22)27(34)29(36)30-17-18-31-43(39,40)24-15-9-4-10-16-24/h2-16,25-27,31,33-34H,17-21H2,1H3,(H,30,36)(H,32,35)/t25-,26+,27?/m0/s1. The summed E-state index contributed by atoms with van der Waals surface area (Å²) < 4.78 is 59.0. The van der Waals surface area contributed by atoms with Gasteiger partial charge in [-0.1, -0.05) is 78.9 Å². The normalized spacial score (nSPS) is 13.9. The second kappa shape index (κ2) is 16.3. The fourth-order valence-electron chi connectivity index (χ4n) is 4.02. The first kappa shape index (κ1) is 33.8. The van der Waals surface area contributed by atoms with Crippen LogP contribution in [0.2, 0.25) is 0 Å². The van der Waals surface area contributed by atoms with E-state index >= 15 is 0 Å². The van der Waals surface area contributed by atoms with Crippen LogP contribution in [-0.2, 0) is 47.4 Å². The van der Waals surface area contributed by atoms with Crippen molar-refractivity contribution in [1.29, 1.82) is 0 Å². The number of aliphatic hydroxyl groups is 1. The Balaban J connectivity index is 1.65. The molecule has 0 aliphatic heterocycles. The molecule has 0 spiro atoms. The maximum Gasteiger partial charge on any atom is 0.251 e. The zero-order valence-corrected chi connectivity index (χ0v) is 25.2. The van der Waals surface area contributed by atoms with Crippen molar-refractivity contribution in [2.24, 2.45) is 0 Å². The van der Waals surface area contributed by atoms with Gasteiger partial charge in [0.2, 0.25) is 26.0 Å². The molecule has 2 amide bonds. The number of nitrogens with one attached hydrogen (secondary N) is 4. The SMILES string of the molecule is CS(=O)(=O)N[C@H](COCc1ccccc1)C(=O)N[C@@H](Cc1ccccc1)C(O)C(=O)NCCNS(=O)(=O)c1ccccc1. The number of rotatable bonds is 17. The molecule has 14 heteroatoms. The van der Waals surface area contributed by atoms with Gasteiger partial charge in [0.1, 0.15) is 6.04 Å². The monoisotopic (exact) mass is 632 g/mol. The molecule has 0 heterocycles. The molecule has 3 atom stereocenters. The molecule has 12 nitrogen and oxygen atoms in total. The largest absolute Gasteiger partial charge is 0.381 e. The molecule has 0 aliphatic carbocycles. The molecule has 0 saturated carbocycles. The lowest BCUT2D eigenvalue weighted by atomic mass is 10.00. The number of benzene rings is 3. The molecular formula is C29H36N4O8S2. The van der Waals surface area contributed by atoms with Crippen molar-refractivity contribution in [3.05, 3.63) is 102 Å². The van der Waals surface area contributed by atoms with Gasteiger partial charge in [0.25, 0.3) is 5.91 Å². The molecule has 5 N–H and O–H groups in total. The minimum Gasteiger partial charge on any atom is -0.381 e. The van der Waals surface area contributed by atoms with Gasteiger partial charge in [-0.05, 0) is 29.7 Å². The third-order valence-corrected chi connectivity index (χ3v) is 8.30. The van der Waals surface area contributed by atoms with Gasteiger partial charge in [-0.15, -0.1) is 0 Å².